The summed E-state index contributed by atoms with van der Waals surface area (Å²) >= 11 is 11.4. The molecule has 0 heterocycles. The number of hydrogen-bond donors (Lipinski definition) is 0. The van der Waals surface area contributed by atoms with Gasteiger partial charge in [0.25, 0.3) is 9.84 Å². The quantitative estimate of drug-likeness (QED) is 0.294. The molecule has 1 rings (SSSR count). The fraction of sp³-hybridized carbons (Fsp3) is 0.667. The summed E-state index contributed by atoms with van der Waals surface area (Å²) in [4.78, 5) is -2.01. The SMILES string of the molecule is CCCC1(Br)C(F)=C(S(=O)(=O)C(F)(F)C(F)(F)C(F)(F)F)C=C(Br)C1Cl. The maximum Gasteiger partial charge on any atom is 0.461 e. The Morgan fingerprint density at radius 1 is 1.19 bits per heavy atom. The van der Waals surface area contributed by atoms with E-state index in [4.69, 9.17) is 11.6 Å². The van der Waals surface area contributed by atoms with Gasteiger partial charge in [-0.3, -0.25) is 0 Å². The molecule has 26 heavy (non-hydrogen) atoms. The van der Waals surface area contributed by atoms with Crippen LogP contribution in [0.2, 0.25) is 0 Å². The number of halogens is 11. The molecule has 0 aliphatic heterocycles. The lowest BCUT2D eigenvalue weighted by molar-refractivity contribution is -0.331. The van der Waals surface area contributed by atoms with Crippen molar-refractivity contribution in [2.45, 2.75) is 46.8 Å². The lowest BCUT2D eigenvalue weighted by Gasteiger charge is -2.36. The van der Waals surface area contributed by atoms with Crippen LogP contribution in [0.15, 0.2) is 21.3 Å². The van der Waals surface area contributed by atoms with E-state index in [2.05, 4.69) is 31.9 Å². The van der Waals surface area contributed by atoms with Crippen LogP contribution in [0.1, 0.15) is 19.8 Å². The van der Waals surface area contributed by atoms with Gasteiger partial charge in [-0.15, -0.1) is 11.6 Å². The van der Waals surface area contributed by atoms with E-state index >= 15 is 0 Å². The van der Waals surface area contributed by atoms with E-state index in [0.29, 0.717) is 0 Å². The Labute approximate surface area is 164 Å². The second-order valence-corrected chi connectivity index (χ2v) is 10.0. The average molecular weight is 565 g/mol. The average Bonchev–Trinajstić information content (AvgIpc) is 2.47. The predicted octanol–water partition coefficient (Wildman–Crippen LogP) is 6.21. The van der Waals surface area contributed by atoms with E-state index < -0.39 is 52.1 Å². The molecule has 0 N–H and O–H groups in total. The first-order chi connectivity index (χ1) is 11.4. The highest BCUT2D eigenvalue weighted by molar-refractivity contribution is 9.12. The number of hydrogen-bond acceptors (Lipinski definition) is 2. The molecule has 0 aromatic heterocycles. The maximum absolute atomic E-state index is 14.7. The second-order valence-electron chi connectivity index (χ2n) is 5.27. The fourth-order valence-electron chi connectivity index (χ4n) is 2.06. The molecule has 0 saturated carbocycles. The largest absolute Gasteiger partial charge is 0.461 e. The van der Waals surface area contributed by atoms with Crippen LogP contribution >= 0.6 is 43.5 Å². The lowest BCUT2D eigenvalue weighted by atomic mass is 9.93. The number of allylic oxidation sites excluding steroid dienone is 3. The van der Waals surface area contributed by atoms with Gasteiger partial charge in [-0.25, -0.2) is 12.8 Å². The van der Waals surface area contributed by atoms with Crippen molar-refractivity contribution in [3.05, 3.63) is 21.3 Å². The smallest absolute Gasteiger partial charge is 0.217 e. The molecule has 0 aromatic carbocycles. The number of alkyl halides is 9. The molecular weight excluding hydrogens is 555 g/mol. The Hall–Kier alpha value is 0.120. The third-order valence-electron chi connectivity index (χ3n) is 3.46. The van der Waals surface area contributed by atoms with Crippen LogP contribution in [-0.2, 0) is 9.84 Å². The first-order valence-corrected chi connectivity index (χ1v) is 10.1. The van der Waals surface area contributed by atoms with Gasteiger partial charge in [-0.2, -0.15) is 30.7 Å². The summed E-state index contributed by atoms with van der Waals surface area (Å²) in [7, 11) is -6.79. The van der Waals surface area contributed by atoms with E-state index in [9.17, 15) is 43.5 Å². The van der Waals surface area contributed by atoms with Crippen molar-refractivity contribution in [3.8, 4) is 0 Å². The van der Waals surface area contributed by atoms with Crippen LogP contribution in [0.25, 0.3) is 0 Å². The van der Waals surface area contributed by atoms with Crippen molar-refractivity contribution in [1.29, 1.82) is 0 Å². The maximum atomic E-state index is 14.7. The highest BCUT2D eigenvalue weighted by atomic mass is 79.9. The molecule has 0 radical (unpaired) electrons. The second kappa shape index (κ2) is 7.18. The van der Waals surface area contributed by atoms with Crippen molar-refractivity contribution in [1.82, 2.24) is 0 Å². The Balaban J connectivity index is 3.74. The molecule has 152 valence electrons. The highest BCUT2D eigenvalue weighted by Gasteiger charge is 2.79. The minimum atomic E-state index is -6.95. The molecule has 1 aliphatic rings. The summed E-state index contributed by atoms with van der Waals surface area (Å²) in [6, 6.07) is 0. The zero-order valence-electron chi connectivity index (χ0n) is 12.5. The lowest BCUT2D eigenvalue weighted by Crippen LogP contribution is -2.56. The predicted molar refractivity (Wildman–Crippen MR) is 86.2 cm³/mol. The van der Waals surface area contributed by atoms with Gasteiger partial charge in [0.2, 0.25) is 0 Å². The Morgan fingerprint density at radius 2 is 1.65 bits per heavy atom. The molecule has 2 nitrogen and oxygen atoms in total. The summed E-state index contributed by atoms with van der Waals surface area (Å²) in [6.07, 6.45) is -6.86. The zero-order chi connectivity index (χ0) is 20.9. The molecule has 2 unspecified atom stereocenters. The molecule has 0 aromatic rings. The minimum Gasteiger partial charge on any atom is -0.217 e. The van der Waals surface area contributed by atoms with Gasteiger partial charge in [-0.05, 0) is 12.5 Å². The van der Waals surface area contributed by atoms with Gasteiger partial charge in [0.05, 0.1) is 9.70 Å². The van der Waals surface area contributed by atoms with Gasteiger partial charge >= 0.3 is 17.4 Å². The summed E-state index contributed by atoms with van der Waals surface area (Å²) in [5, 5.41) is -8.02. The van der Waals surface area contributed by atoms with Gasteiger partial charge in [0.15, 0.2) is 0 Å². The van der Waals surface area contributed by atoms with Crippen molar-refractivity contribution < 1.29 is 43.5 Å². The highest BCUT2D eigenvalue weighted by Crippen LogP contribution is 2.55. The van der Waals surface area contributed by atoms with Crippen molar-refractivity contribution in [3.63, 3.8) is 0 Å². The molecule has 0 spiro atoms. The van der Waals surface area contributed by atoms with E-state index in [-0.39, 0.29) is 18.9 Å². The van der Waals surface area contributed by atoms with Crippen LogP contribution in [0.5, 0.6) is 0 Å². The third kappa shape index (κ3) is 3.45. The first-order valence-electron chi connectivity index (χ1n) is 6.56. The van der Waals surface area contributed by atoms with Crippen molar-refractivity contribution in [2.75, 3.05) is 0 Å². The minimum absolute atomic E-state index is 0.143. The summed E-state index contributed by atoms with van der Waals surface area (Å²) in [6.45, 7) is 1.49. The van der Waals surface area contributed by atoms with E-state index in [0.717, 1.165) is 0 Å². The zero-order valence-corrected chi connectivity index (χ0v) is 17.2. The van der Waals surface area contributed by atoms with E-state index in [1.807, 2.05) is 0 Å². The summed E-state index contributed by atoms with van der Waals surface area (Å²) in [5.41, 5.74) is 0. The molecule has 1 aliphatic carbocycles. The van der Waals surface area contributed by atoms with Gasteiger partial charge < -0.3 is 0 Å². The van der Waals surface area contributed by atoms with Gasteiger partial charge in [0.1, 0.15) is 10.7 Å². The Kier molecular flexibility index (Phi) is 6.67. The molecule has 0 fully saturated rings. The van der Waals surface area contributed by atoms with Gasteiger partial charge in [-0.1, -0.05) is 45.2 Å². The standard InChI is InChI=1S/C12H9Br2ClF8O2S/c1-2-3-9(14)7(15)5(13)4-6(8(9)16)26(24,25)12(22,23)10(17,18)11(19,20)21/h4,7H,2-3H2,1H3. The monoisotopic (exact) mass is 562 g/mol. The topological polar surface area (TPSA) is 34.1 Å². The van der Waals surface area contributed by atoms with E-state index in [1.54, 1.807) is 0 Å². The Bertz CT molecular complexity index is 747. The van der Waals surface area contributed by atoms with Crippen molar-refractivity contribution in [2.24, 2.45) is 0 Å². The molecule has 0 bridgehead atoms. The van der Waals surface area contributed by atoms with Crippen LogP contribution in [0, 0.1) is 0 Å². The molecule has 0 saturated heterocycles. The Morgan fingerprint density at radius 3 is 2.04 bits per heavy atom. The third-order valence-corrected chi connectivity index (χ3v) is 8.29. The molecular formula is C12H9Br2ClF8O2S. The summed E-state index contributed by atoms with van der Waals surface area (Å²) < 4.78 is 127. The number of rotatable bonds is 5. The van der Waals surface area contributed by atoms with Crippen LogP contribution in [0.3, 0.4) is 0 Å². The normalized spacial score (nSPS) is 26.2. The van der Waals surface area contributed by atoms with Crippen molar-refractivity contribution >= 4 is 53.3 Å². The van der Waals surface area contributed by atoms with Crippen LogP contribution in [0.4, 0.5) is 35.1 Å². The van der Waals surface area contributed by atoms with Gasteiger partial charge in [0, 0.05) is 4.48 Å². The van der Waals surface area contributed by atoms with Crippen LogP contribution < -0.4 is 0 Å². The molecule has 0 amide bonds. The van der Waals surface area contributed by atoms with E-state index in [1.165, 1.54) is 6.92 Å². The first kappa shape index (κ1) is 24.2. The molecule has 14 heteroatoms. The number of sulfone groups is 1. The molecule has 2 atom stereocenters. The fourth-order valence-corrected chi connectivity index (χ4v) is 5.83. The van der Waals surface area contributed by atoms with Crippen LogP contribution in [-0.4, -0.2) is 35.5 Å². The summed E-state index contributed by atoms with van der Waals surface area (Å²) in [5.74, 6) is -8.84.